The van der Waals surface area contributed by atoms with Crippen LogP contribution in [0.3, 0.4) is 0 Å². The fourth-order valence-electron chi connectivity index (χ4n) is 1.89. The van der Waals surface area contributed by atoms with E-state index in [9.17, 15) is 8.78 Å². The Balaban J connectivity index is 2.18. The topological polar surface area (TPSA) is 24.9 Å². The van der Waals surface area contributed by atoms with E-state index < -0.39 is 6.43 Å². The Morgan fingerprint density at radius 3 is 2.85 bits per heavy atom. The summed E-state index contributed by atoms with van der Waals surface area (Å²) < 4.78 is 25.4. The third-order valence-electron chi connectivity index (χ3n) is 3.04. The maximum Gasteiger partial charge on any atom is 0.263 e. The van der Waals surface area contributed by atoms with Crippen LogP contribution in [-0.2, 0) is 0 Å². The second kappa shape index (κ2) is 6.90. The van der Waals surface area contributed by atoms with Crippen molar-refractivity contribution in [2.24, 2.45) is 0 Å². The molecule has 1 heterocycles. The SMILES string of the molecule is CCCNC(C)c1cnc(-c2cccc(C(F)F)c2)s1. The Kier molecular flexibility index (Phi) is 5.20. The molecule has 0 fully saturated rings. The van der Waals surface area contributed by atoms with Gasteiger partial charge in [0.2, 0.25) is 0 Å². The molecule has 5 heteroatoms. The van der Waals surface area contributed by atoms with Gasteiger partial charge in [-0.1, -0.05) is 25.1 Å². The molecule has 1 aromatic heterocycles. The molecule has 0 aliphatic carbocycles. The van der Waals surface area contributed by atoms with Crippen LogP contribution in [0.5, 0.6) is 0 Å². The van der Waals surface area contributed by atoms with Gasteiger partial charge in [0.25, 0.3) is 6.43 Å². The van der Waals surface area contributed by atoms with Gasteiger partial charge in [0.05, 0.1) is 0 Å². The van der Waals surface area contributed by atoms with E-state index in [0.717, 1.165) is 28.4 Å². The summed E-state index contributed by atoms with van der Waals surface area (Å²) in [5.74, 6) is 0. The first kappa shape index (κ1) is 15.1. The number of aromatic nitrogens is 1. The van der Waals surface area contributed by atoms with Crippen LogP contribution in [0.25, 0.3) is 10.6 Å². The van der Waals surface area contributed by atoms with Crippen molar-refractivity contribution in [3.05, 3.63) is 40.9 Å². The van der Waals surface area contributed by atoms with Crippen LogP contribution in [0, 0.1) is 0 Å². The third-order valence-corrected chi connectivity index (χ3v) is 4.27. The molecule has 0 saturated heterocycles. The number of hydrogen-bond donors (Lipinski definition) is 1. The van der Waals surface area contributed by atoms with Crippen molar-refractivity contribution in [1.82, 2.24) is 10.3 Å². The highest BCUT2D eigenvalue weighted by Crippen LogP contribution is 2.30. The molecule has 0 amide bonds. The molecule has 1 aromatic carbocycles. The fourth-order valence-corrected chi connectivity index (χ4v) is 2.83. The molecule has 2 aromatic rings. The van der Waals surface area contributed by atoms with Crippen molar-refractivity contribution in [3.63, 3.8) is 0 Å². The smallest absolute Gasteiger partial charge is 0.263 e. The van der Waals surface area contributed by atoms with Crippen LogP contribution in [-0.4, -0.2) is 11.5 Å². The Morgan fingerprint density at radius 1 is 1.35 bits per heavy atom. The lowest BCUT2D eigenvalue weighted by molar-refractivity contribution is 0.151. The molecule has 0 radical (unpaired) electrons. The summed E-state index contributed by atoms with van der Waals surface area (Å²) in [6, 6.07) is 6.65. The number of halogens is 2. The van der Waals surface area contributed by atoms with E-state index in [1.165, 1.54) is 12.1 Å². The van der Waals surface area contributed by atoms with E-state index in [0.29, 0.717) is 0 Å². The van der Waals surface area contributed by atoms with Gasteiger partial charge in [0, 0.05) is 28.2 Å². The first-order chi connectivity index (χ1) is 9.61. The third kappa shape index (κ3) is 3.61. The number of nitrogens with zero attached hydrogens (tertiary/aromatic N) is 1. The van der Waals surface area contributed by atoms with Gasteiger partial charge in [-0.15, -0.1) is 11.3 Å². The minimum atomic E-state index is -2.44. The van der Waals surface area contributed by atoms with Gasteiger partial charge in [-0.2, -0.15) is 0 Å². The molecule has 0 bridgehead atoms. The summed E-state index contributed by atoms with van der Waals surface area (Å²) in [5.41, 5.74) is 0.790. The van der Waals surface area contributed by atoms with Crippen LogP contribution < -0.4 is 5.32 Å². The summed E-state index contributed by atoms with van der Waals surface area (Å²) in [7, 11) is 0. The number of hydrogen-bond acceptors (Lipinski definition) is 3. The molecule has 0 aliphatic heterocycles. The van der Waals surface area contributed by atoms with Gasteiger partial charge in [0.15, 0.2) is 0 Å². The van der Waals surface area contributed by atoms with Crippen LogP contribution >= 0.6 is 11.3 Å². The van der Waals surface area contributed by atoms with Crippen LogP contribution in [0.15, 0.2) is 30.5 Å². The Labute approximate surface area is 121 Å². The quantitative estimate of drug-likeness (QED) is 0.827. The van der Waals surface area contributed by atoms with Crippen LogP contribution in [0.4, 0.5) is 8.78 Å². The zero-order valence-corrected chi connectivity index (χ0v) is 12.4. The number of thiazole rings is 1. The highest BCUT2D eigenvalue weighted by atomic mass is 32.1. The lowest BCUT2D eigenvalue weighted by Crippen LogP contribution is -2.18. The lowest BCUT2D eigenvalue weighted by atomic mass is 10.1. The summed E-state index contributed by atoms with van der Waals surface area (Å²) in [6.07, 6.45) is 0.453. The van der Waals surface area contributed by atoms with Gasteiger partial charge >= 0.3 is 0 Å². The normalized spacial score (nSPS) is 12.8. The number of rotatable bonds is 6. The summed E-state index contributed by atoms with van der Waals surface area (Å²) >= 11 is 1.55. The molecule has 2 nitrogen and oxygen atoms in total. The largest absolute Gasteiger partial charge is 0.309 e. The van der Waals surface area contributed by atoms with Crippen LogP contribution in [0.2, 0.25) is 0 Å². The fraction of sp³-hybridized carbons (Fsp3) is 0.400. The van der Waals surface area contributed by atoms with Crippen molar-refractivity contribution < 1.29 is 8.78 Å². The Hall–Kier alpha value is -1.33. The predicted octanol–water partition coefficient (Wildman–Crippen LogP) is 4.81. The summed E-state index contributed by atoms with van der Waals surface area (Å²) in [4.78, 5) is 5.47. The predicted molar refractivity (Wildman–Crippen MR) is 79.2 cm³/mol. The molecule has 108 valence electrons. The minimum absolute atomic E-state index is 0.0383. The molecule has 1 N–H and O–H groups in total. The molecule has 1 unspecified atom stereocenters. The first-order valence-corrected chi connectivity index (χ1v) is 7.51. The summed E-state index contributed by atoms with van der Waals surface area (Å²) in [5, 5.41) is 4.18. The zero-order valence-electron chi connectivity index (χ0n) is 11.6. The second-order valence-electron chi connectivity index (χ2n) is 4.67. The molecule has 20 heavy (non-hydrogen) atoms. The lowest BCUT2D eigenvalue weighted by Gasteiger charge is -2.09. The van der Waals surface area contributed by atoms with Crippen molar-refractivity contribution in [2.45, 2.75) is 32.7 Å². The average molecular weight is 296 g/mol. The van der Waals surface area contributed by atoms with E-state index in [-0.39, 0.29) is 11.6 Å². The Morgan fingerprint density at radius 2 is 2.15 bits per heavy atom. The van der Waals surface area contributed by atoms with Crippen molar-refractivity contribution in [1.29, 1.82) is 0 Å². The van der Waals surface area contributed by atoms with Gasteiger partial charge < -0.3 is 5.32 Å². The molecule has 2 rings (SSSR count). The minimum Gasteiger partial charge on any atom is -0.309 e. The maximum atomic E-state index is 12.7. The molecule has 1 atom stereocenters. The number of alkyl halides is 2. The molecular formula is C15H18F2N2S. The summed E-state index contributed by atoms with van der Waals surface area (Å²) in [6.45, 7) is 5.16. The van der Waals surface area contributed by atoms with Gasteiger partial charge in [-0.05, 0) is 26.0 Å². The Bertz CT molecular complexity index is 554. The first-order valence-electron chi connectivity index (χ1n) is 6.69. The van der Waals surface area contributed by atoms with Crippen molar-refractivity contribution in [2.75, 3.05) is 6.54 Å². The average Bonchev–Trinajstić information content (AvgIpc) is 2.94. The van der Waals surface area contributed by atoms with E-state index in [4.69, 9.17) is 0 Å². The standard InChI is InChI=1S/C15H18F2N2S/c1-3-7-18-10(2)13-9-19-15(20-13)12-6-4-5-11(8-12)14(16)17/h4-6,8-10,14,18H,3,7H2,1-2H3. The number of benzene rings is 1. The van der Waals surface area contributed by atoms with Crippen LogP contribution in [0.1, 0.15) is 43.2 Å². The van der Waals surface area contributed by atoms with Crippen molar-refractivity contribution >= 4 is 11.3 Å². The number of nitrogens with one attached hydrogen (secondary N) is 1. The van der Waals surface area contributed by atoms with E-state index in [1.54, 1.807) is 17.4 Å². The highest BCUT2D eigenvalue weighted by molar-refractivity contribution is 7.15. The van der Waals surface area contributed by atoms with E-state index in [2.05, 4.69) is 24.1 Å². The molecule has 0 spiro atoms. The molecular weight excluding hydrogens is 278 g/mol. The van der Waals surface area contributed by atoms with Gasteiger partial charge in [0.1, 0.15) is 5.01 Å². The van der Waals surface area contributed by atoms with Gasteiger partial charge in [-0.3, -0.25) is 0 Å². The maximum absolute atomic E-state index is 12.7. The zero-order chi connectivity index (χ0) is 14.5. The highest BCUT2D eigenvalue weighted by Gasteiger charge is 2.12. The van der Waals surface area contributed by atoms with E-state index in [1.807, 2.05) is 12.3 Å². The van der Waals surface area contributed by atoms with Gasteiger partial charge in [-0.25, -0.2) is 13.8 Å². The monoisotopic (exact) mass is 296 g/mol. The molecule has 0 saturated carbocycles. The van der Waals surface area contributed by atoms with Crippen molar-refractivity contribution in [3.8, 4) is 10.6 Å². The molecule has 0 aliphatic rings. The van der Waals surface area contributed by atoms with E-state index >= 15 is 0 Å². The second-order valence-corrected chi connectivity index (χ2v) is 5.73.